The number of hydrogen-bond donors (Lipinski definition) is 4. The molecule has 1 saturated carbocycles. The number of amides is 2. The Hall–Kier alpha value is -4.79. The SMILES string of the molecule is O=C(O)CC(NC(=O)CNC(=O)CCCCNc1cc(F)ccn1)c1ccc(-c2ccc(C3CC3)c3ccccc23)cc1. The van der Waals surface area contributed by atoms with Crippen LogP contribution in [0.25, 0.3) is 21.9 Å². The predicted octanol–water partition coefficient (Wildman–Crippen LogP) is 5.95. The van der Waals surface area contributed by atoms with Gasteiger partial charge in [-0.05, 0) is 70.7 Å². The Bertz CT molecular complexity index is 1600. The number of carboxylic acids is 1. The van der Waals surface area contributed by atoms with Gasteiger partial charge in [0.15, 0.2) is 0 Å². The summed E-state index contributed by atoms with van der Waals surface area (Å²) in [6.45, 7) is 0.277. The molecule has 0 saturated heterocycles. The number of fused-ring (bicyclic) bond motifs is 1. The zero-order valence-electron chi connectivity index (χ0n) is 23.8. The monoisotopic (exact) mass is 582 g/mol. The number of nitrogens with one attached hydrogen (secondary N) is 3. The first-order valence-electron chi connectivity index (χ1n) is 14.6. The van der Waals surface area contributed by atoms with Crippen molar-refractivity contribution in [1.29, 1.82) is 0 Å². The van der Waals surface area contributed by atoms with Gasteiger partial charge in [0.05, 0.1) is 19.0 Å². The Kier molecular flexibility index (Phi) is 9.61. The Morgan fingerprint density at radius 1 is 0.930 bits per heavy atom. The average molecular weight is 583 g/mol. The molecule has 0 aliphatic heterocycles. The van der Waals surface area contributed by atoms with Crippen LogP contribution in [0.4, 0.5) is 10.2 Å². The highest BCUT2D eigenvalue weighted by molar-refractivity contribution is 5.99. The van der Waals surface area contributed by atoms with Gasteiger partial charge in [0.1, 0.15) is 11.6 Å². The number of carbonyl (C=O) groups excluding carboxylic acids is 2. The van der Waals surface area contributed by atoms with Gasteiger partial charge in [-0.3, -0.25) is 14.4 Å². The van der Waals surface area contributed by atoms with Gasteiger partial charge in [0, 0.05) is 25.2 Å². The number of hydrogen-bond acceptors (Lipinski definition) is 5. The predicted molar refractivity (Wildman–Crippen MR) is 164 cm³/mol. The molecule has 1 aromatic heterocycles. The van der Waals surface area contributed by atoms with Crippen molar-refractivity contribution in [2.45, 2.75) is 50.5 Å². The van der Waals surface area contributed by atoms with E-state index in [9.17, 15) is 23.9 Å². The van der Waals surface area contributed by atoms with Crippen LogP contribution in [-0.4, -0.2) is 41.0 Å². The maximum Gasteiger partial charge on any atom is 0.305 e. The fourth-order valence-electron chi connectivity index (χ4n) is 5.29. The van der Waals surface area contributed by atoms with Crippen LogP contribution in [0, 0.1) is 5.82 Å². The number of aromatic nitrogens is 1. The summed E-state index contributed by atoms with van der Waals surface area (Å²) in [7, 11) is 0. The zero-order valence-corrected chi connectivity index (χ0v) is 23.8. The van der Waals surface area contributed by atoms with Gasteiger partial charge in [0.2, 0.25) is 11.8 Å². The van der Waals surface area contributed by atoms with Gasteiger partial charge in [0.25, 0.3) is 0 Å². The van der Waals surface area contributed by atoms with E-state index in [2.05, 4.69) is 51.3 Å². The third-order valence-electron chi connectivity index (χ3n) is 7.62. The van der Waals surface area contributed by atoms with E-state index in [-0.39, 0.29) is 31.1 Å². The van der Waals surface area contributed by atoms with Gasteiger partial charge in [-0.2, -0.15) is 0 Å². The van der Waals surface area contributed by atoms with E-state index in [0.29, 0.717) is 36.7 Å². The number of rotatable bonds is 14. The first-order valence-corrected chi connectivity index (χ1v) is 14.6. The van der Waals surface area contributed by atoms with Crippen molar-refractivity contribution in [3.05, 3.63) is 95.9 Å². The van der Waals surface area contributed by atoms with Crippen LogP contribution in [0.5, 0.6) is 0 Å². The van der Waals surface area contributed by atoms with Gasteiger partial charge in [-0.15, -0.1) is 0 Å². The summed E-state index contributed by atoms with van der Waals surface area (Å²) in [5, 5.41) is 20.3. The van der Waals surface area contributed by atoms with E-state index in [1.165, 1.54) is 47.5 Å². The molecule has 8 nitrogen and oxygen atoms in total. The summed E-state index contributed by atoms with van der Waals surface area (Å²) in [6, 6.07) is 22.2. The molecule has 3 aromatic carbocycles. The quantitative estimate of drug-likeness (QED) is 0.136. The smallest absolute Gasteiger partial charge is 0.305 e. The number of pyridine rings is 1. The first-order chi connectivity index (χ1) is 20.9. The van der Waals surface area contributed by atoms with E-state index >= 15 is 0 Å². The summed E-state index contributed by atoms with van der Waals surface area (Å²) in [5.74, 6) is -1.09. The van der Waals surface area contributed by atoms with Gasteiger partial charge in [-0.1, -0.05) is 60.7 Å². The number of nitrogens with zero attached hydrogens (tertiary/aromatic N) is 1. The maximum absolute atomic E-state index is 13.2. The molecular weight excluding hydrogens is 547 g/mol. The van der Waals surface area contributed by atoms with Gasteiger partial charge >= 0.3 is 5.97 Å². The normalized spacial score (nSPS) is 13.3. The molecule has 43 heavy (non-hydrogen) atoms. The first kappa shape index (κ1) is 29.7. The van der Waals surface area contributed by atoms with Crippen LogP contribution in [0.15, 0.2) is 79.0 Å². The van der Waals surface area contributed by atoms with Crippen LogP contribution in [-0.2, 0) is 14.4 Å². The summed E-state index contributed by atoms with van der Waals surface area (Å²) in [5.41, 5.74) is 4.18. The molecule has 2 amide bonds. The number of unbranched alkanes of at least 4 members (excludes halogenated alkanes) is 1. The molecule has 4 N–H and O–H groups in total. The van der Waals surface area contributed by atoms with E-state index in [4.69, 9.17) is 0 Å². The Morgan fingerprint density at radius 3 is 2.42 bits per heavy atom. The summed E-state index contributed by atoms with van der Waals surface area (Å²) < 4.78 is 13.2. The lowest BCUT2D eigenvalue weighted by Gasteiger charge is -2.19. The highest BCUT2D eigenvalue weighted by Crippen LogP contribution is 2.44. The lowest BCUT2D eigenvalue weighted by atomic mass is 9.92. The molecule has 1 fully saturated rings. The minimum atomic E-state index is -1.04. The maximum atomic E-state index is 13.2. The molecule has 1 aliphatic rings. The Morgan fingerprint density at radius 2 is 1.70 bits per heavy atom. The van der Waals surface area contributed by atoms with Crippen LogP contribution in [0.1, 0.15) is 61.6 Å². The molecule has 0 spiro atoms. The van der Waals surface area contributed by atoms with Crippen molar-refractivity contribution in [3.8, 4) is 11.1 Å². The van der Waals surface area contributed by atoms with Crippen LogP contribution < -0.4 is 16.0 Å². The third-order valence-corrected chi connectivity index (χ3v) is 7.62. The summed E-state index contributed by atoms with van der Waals surface area (Å²) in [4.78, 5) is 40.5. The number of carboxylic acid groups (broad SMARTS) is 1. The van der Waals surface area contributed by atoms with Crippen molar-refractivity contribution < 1.29 is 23.9 Å². The standard InChI is InChI=1S/C34H35FN4O4/c35-25-16-18-37-31(19-25)36-17-4-3-7-32(40)38-21-33(41)39-30(20-34(42)43)24-12-10-23(11-13-24)27-15-14-26(22-8-9-22)28-5-1-2-6-29(27)28/h1-2,5-6,10-16,18-19,22,30H,3-4,7-9,17,20-21H2,(H,36,37)(H,38,40)(H,39,41)(H,42,43). The van der Waals surface area contributed by atoms with Crippen molar-refractivity contribution >= 4 is 34.4 Å². The van der Waals surface area contributed by atoms with E-state index in [0.717, 1.165) is 11.1 Å². The van der Waals surface area contributed by atoms with Crippen molar-refractivity contribution in [1.82, 2.24) is 15.6 Å². The van der Waals surface area contributed by atoms with Crippen LogP contribution in [0.3, 0.4) is 0 Å². The molecule has 9 heteroatoms. The van der Waals surface area contributed by atoms with Crippen molar-refractivity contribution in [3.63, 3.8) is 0 Å². The molecule has 0 radical (unpaired) electrons. The fraction of sp³-hybridized carbons (Fsp3) is 0.294. The molecule has 0 bridgehead atoms. The molecule has 5 rings (SSSR count). The highest BCUT2D eigenvalue weighted by Gasteiger charge is 2.26. The van der Waals surface area contributed by atoms with Crippen LogP contribution >= 0.6 is 0 Å². The number of anilines is 1. The molecule has 4 aromatic rings. The van der Waals surface area contributed by atoms with E-state index < -0.39 is 17.9 Å². The lowest BCUT2D eigenvalue weighted by molar-refractivity contribution is -0.138. The molecular formula is C34H35FN4O4. The van der Waals surface area contributed by atoms with Crippen molar-refractivity contribution in [2.75, 3.05) is 18.4 Å². The van der Waals surface area contributed by atoms with Gasteiger partial charge < -0.3 is 21.1 Å². The molecule has 1 unspecified atom stereocenters. The second-order valence-corrected chi connectivity index (χ2v) is 10.9. The number of benzene rings is 3. The van der Waals surface area contributed by atoms with Crippen LogP contribution in [0.2, 0.25) is 0 Å². The topological polar surface area (TPSA) is 120 Å². The molecule has 222 valence electrons. The third kappa shape index (κ3) is 8.16. The molecule has 1 heterocycles. The lowest BCUT2D eigenvalue weighted by Crippen LogP contribution is -2.39. The highest BCUT2D eigenvalue weighted by atomic mass is 19.1. The number of carbonyl (C=O) groups is 3. The molecule has 1 aliphatic carbocycles. The summed E-state index contributed by atoms with van der Waals surface area (Å²) >= 11 is 0. The Balaban J connectivity index is 1.13. The van der Waals surface area contributed by atoms with E-state index in [1.54, 1.807) is 0 Å². The Labute approximate surface area is 249 Å². The largest absolute Gasteiger partial charge is 0.481 e. The average Bonchev–Trinajstić information content (AvgIpc) is 3.85. The second-order valence-electron chi connectivity index (χ2n) is 10.9. The fourth-order valence-corrected chi connectivity index (χ4v) is 5.29. The number of aliphatic carboxylic acids is 1. The molecule has 1 atom stereocenters. The summed E-state index contributed by atoms with van der Waals surface area (Å²) in [6.07, 6.45) is 5.01. The second kappa shape index (κ2) is 13.9. The number of halogens is 1. The van der Waals surface area contributed by atoms with Crippen molar-refractivity contribution in [2.24, 2.45) is 0 Å². The minimum Gasteiger partial charge on any atom is -0.481 e. The minimum absolute atomic E-state index is 0.224. The zero-order chi connectivity index (χ0) is 30.2. The van der Waals surface area contributed by atoms with E-state index in [1.807, 2.05) is 30.3 Å². The van der Waals surface area contributed by atoms with Gasteiger partial charge in [-0.25, -0.2) is 9.37 Å².